The van der Waals surface area contributed by atoms with Gasteiger partial charge in [0, 0.05) is 77.4 Å². The van der Waals surface area contributed by atoms with Crippen LogP contribution in [0, 0.1) is 47.4 Å². The Labute approximate surface area is 419 Å². The van der Waals surface area contributed by atoms with Gasteiger partial charge in [0.2, 0.25) is 0 Å². The van der Waals surface area contributed by atoms with Crippen LogP contribution < -0.4 is 15.4 Å². The summed E-state index contributed by atoms with van der Waals surface area (Å²) >= 11 is 0. The number of hydrogen-bond acceptors (Lipinski definition) is 9. The number of anilines is 2. The number of methoxy groups -OCH3 is 3. The first-order valence-corrected chi connectivity index (χ1v) is 22.7. The number of hydrogen-bond donors (Lipinski definition) is 2. The van der Waals surface area contributed by atoms with Gasteiger partial charge in [0.1, 0.15) is 17.0 Å². The first kappa shape index (κ1) is 50.5. The van der Waals surface area contributed by atoms with Gasteiger partial charge in [-0.2, -0.15) is 0 Å². The first-order chi connectivity index (χ1) is 34.4. The van der Waals surface area contributed by atoms with Gasteiger partial charge < -0.3 is 23.7 Å². The van der Waals surface area contributed by atoms with Crippen molar-refractivity contribution >= 4 is 57.0 Å². The zero-order valence-electron chi connectivity index (χ0n) is 41.3. The minimum atomic E-state index is -0.627. The van der Waals surface area contributed by atoms with Crippen LogP contribution >= 0.6 is 0 Å². The van der Waals surface area contributed by atoms with Crippen LogP contribution in [0.1, 0.15) is 107 Å². The third-order valence-corrected chi connectivity index (χ3v) is 10.5. The van der Waals surface area contributed by atoms with E-state index in [1.807, 2.05) is 42.5 Å². The summed E-state index contributed by atoms with van der Waals surface area (Å²) in [6.07, 6.45) is -1.12. The fourth-order valence-corrected chi connectivity index (χ4v) is 7.26. The van der Waals surface area contributed by atoms with Crippen LogP contribution in [0.2, 0.25) is 0 Å². The van der Waals surface area contributed by atoms with Gasteiger partial charge in [0.15, 0.2) is 0 Å². The number of carbonyl (C=O) groups excluding carboxylic acids is 4. The summed E-state index contributed by atoms with van der Waals surface area (Å²) in [5, 5.41) is 8.76. The molecule has 0 fully saturated rings. The lowest BCUT2D eigenvalue weighted by atomic mass is 9.95. The number of benzene rings is 7. The lowest BCUT2D eigenvalue weighted by Gasteiger charge is -2.19. The molecule has 11 heteroatoms. The molecule has 0 saturated carbocycles. The zero-order valence-corrected chi connectivity index (χ0v) is 41.3. The molecule has 7 aromatic carbocycles. The van der Waals surface area contributed by atoms with Gasteiger partial charge >= 0.3 is 24.1 Å². The van der Waals surface area contributed by atoms with E-state index in [1.165, 1.54) is 14.2 Å². The minimum Gasteiger partial charge on any atom is -0.495 e. The number of rotatable bonds is 5. The predicted octanol–water partition coefficient (Wildman–Crippen LogP) is 11.9. The zero-order chi connectivity index (χ0) is 51.6. The van der Waals surface area contributed by atoms with Crippen LogP contribution in [0.4, 0.5) is 21.0 Å². The number of esters is 2. The van der Waals surface area contributed by atoms with Crippen LogP contribution in [-0.4, -0.2) is 56.7 Å². The highest BCUT2D eigenvalue weighted by molar-refractivity contribution is 6.09. The summed E-state index contributed by atoms with van der Waals surface area (Å²) < 4.78 is 26.9. The molecule has 0 aliphatic heterocycles. The maximum atomic E-state index is 13.0. The van der Waals surface area contributed by atoms with Crippen LogP contribution in [0.25, 0.3) is 21.5 Å². The summed E-state index contributed by atoms with van der Waals surface area (Å²) in [4.78, 5) is 50.4. The maximum Gasteiger partial charge on any atom is 0.412 e. The molecule has 0 saturated heterocycles. The fraction of sp³-hybridized carbons (Fsp3) is 0.180. The van der Waals surface area contributed by atoms with E-state index in [0.29, 0.717) is 50.5 Å². The van der Waals surface area contributed by atoms with Crippen molar-refractivity contribution in [1.29, 1.82) is 0 Å². The van der Waals surface area contributed by atoms with E-state index in [1.54, 1.807) is 134 Å². The molecule has 2 amide bonds. The Morgan fingerprint density at radius 3 is 1.12 bits per heavy atom. The molecule has 0 aliphatic carbocycles. The number of carbonyl (C=O) groups is 4. The number of fused-ring (bicyclic) bond motifs is 2. The average Bonchev–Trinajstić information content (AvgIpc) is 3.34. The minimum absolute atomic E-state index is 0.258. The van der Waals surface area contributed by atoms with Crippen LogP contribution in [0.5, 0.6) is 5.75 Å². The summed E-state index contributed by atoms with van der Waals surface area (Å²) in [6, 6.07) is 37.9. The average molecular weight is 955 g/mol. The van der Waals surface area contributed by atoms with Crippen molar-refractivity contribution in [2.75, 3.05) is 32.0 Å². The molecule has 0 atom stereocenters. The molecule has 7 rings (SSSR count). The van der Waals surface area contributed by atoms with Gasteiger partial charge in [-0.25, -0.2) is 19.2 Å². The largest absolute Gasteiger partial charge is 0.495 e. The van der Waals surface area contributed by atoms with Gasteiger partial charge in [-0.3, -0.25) is 10.6 Å². The Balaban J connectivity index is 1.16. The van der Waals surface area contributed by atoms with Crippen molar-refractivity contribution < 1.29 is 42.9 Å². The monoisotopic (exact) mass is 954 g/mol. The van der Waals surface area contributed by atoms with Crippen molar-refractivity contribution in [2.45, 2.75) is 52.7 Å². The maximum absolute atomic E-state index is 13.0. The molecular formula is C61H50N2O9. The van der Waals surface area contributed by atoms with Crippen molar-refractivity contribution in [1.82, 2.24) is 0 Å². The molecule has 0 bridgehead atoms. The van der Waals surface area contributed by atoms with Crippen LogP contribution in [-0.2, 0) is 18.9 Å². The molecule has 0 aromatic heterocycles. The van der Waals surface area contributed by atoms with Gasteiger partial charge in [-0.1, -0.05) is 71.6 Å². The molecule has 0 unspecified atom stereocenters. The quantitative estimate of drug-likeness (QED) is 0.0747. The van der Waals surface area contributed by atoms with Crippen LogP contribution in [0.3, 0.4) is 0 Å². The van der Waals surface area contributed by atoms with Crippen molar-refractivity contribution in [3.63, 3.8) is 0 Å². The Morgan fingerprint density at radius 2 is 0.764 bits per heavy atom. The van der Waals surface area contributed by atoms with Crippen LogP contribution in [0.15, 0.2) is 127 Å². The molecule has 0 radical (unpaired) electrons. The number of amides is 2. The third-order valence-electron chi connectivity index (χ3n) is 10.5. The molecule has 0 spiro atoms. The molecule has 0 aliphatic rings. The molecule has 11 nitrogen and oxygen atoms in total. The van der Waals surface area contributed by atoms with Gasteiger partial charge in [-0.15, -0.1) is 0 Å². The number of nitrogens with one attached hydrogen (secondary N) is 2. The van der Waals surface area contributed by atoms with Crippen molar-refractivity contribution in [2.24, 2.45) is 0 Å². The van der Waals surface area contributed by atoms with Gasteiger partial charge in [-0.05, 0) is 145 Å². The van der Waals surface area contributed by atoms with E-state index in [2.05, 4.69) is 58.0 Å². The summed E-state index contributed by atoms with van der Waals surface area (Å²) in [5.41, 5.74) is 5.19. The fourth-order valence-electron chi connectivity index (χ4n) is 7.26. The molecule has 358 valence electrons. The number of ether oxygens (including phenoxy) is 5. The van der Waals surface area contributed by atoms with E-state index in [9.17, 15) is 19.2 Å². The highest BCUT2D eigenvalue weighted by atomic mass is 16.6. The Bertz CT molecular complexity index is 3300. The highest BCUT2D eigenvalue weighted by Crippen LogP contribution is 2.37. The molecule has 7 aromatic rings. The van der Waals surface area contributed by atoms with E-state index in [0.717, 1.165) is 32.7 Å². The Kier molecular flexibility index (Phi) is 15.3. The van der Waals surface area contributed by atoms with Crippen molar-refractivity contribution in [3.8, 4) is 53.1 Å². The van der Waals surface area contributed by atoms with Gasteiger partial charge in [0.25, 0.3) is 0 Å². The van der Waals surface area contributed by atoms with E-state index < -0.39 is 35.3 Å². The van der Waals surface area contributed by atoms with E-state index in [-0.39, 0.29) is 11.1 Å². The van der Waals surface area contributed by atoms with E-state index in [4.69, 9.17) is 23.7 Å². The lowest BCUT2D eigenvalue weighted by Crippen LogP contribution is -2.27. The topological polar surface area (TPSA) is 138 Å². The SMILES string of the molecule is COC(=O)c1cc(C#Cc2cccc3c(OC)c4cccc(C#Cc5ccc(C#Cc6ccc(NC(=O)OC(C)(C)C)cc6)c(C(=O)OC)c5)c4cc23)ccc1C#Cc1ccc(NC(=O)OC(C)(C)C)cc1. The second-order valence-corrected chi connectivity index (χ2v) is 18.1. The highest BCUT2D eigenvalue weighted by Gasteiger charge is 2.19. The molecule has 0 heterocycles. The first-order valence-electron chi connectivity index (χ1n) is 22.7. The Hall–Kier alpha value is -9.42. The standard InChI is InChI=1S/C61H50N2O9/c1-60(2,3)71-58(66)62-47-32-22-39(23-33-47)16-26-45-30-20-41(36-53(45)56(64)69-8)18-28-43-12-10-14-49-51(43)38-52-44(13-11-15-50(52)55(49)68-7)29-19-42-21-31-46(54(37-42)57(65)70-9)27-17-40-24-34-48(35-25-40)63-59(67)72-61(4,5)6/h10-15,20-25,30-38H,1-9H3,(H,62,66)(H,63,67). The normalized spacial score (nSPS) is 10.6. The molecule has 72 heavy (non-hydrogen) atoms. The van der Waals surface area contributed by atoms with Gasteiger partial charge in [0.05, 0.1) is 32.5 Å². The summed E-state index contributed by atoms with van der Waals surface area (Å²) in [5.74, 6) is 24.9. The smallest absolute Gasteiger partial charge is 0.412 e. The summed E-state index contributed by atoms with van der Waals surface area (Å²) in [7, 11) is 4.25. The lowest BCUT2D eigenvalue weighted by molar-refractivity contribution is 0.0591. The van der Waals surface area contributed by atoms with E-state index >= 15 is 0 Å². The third kappa shape index (κ3) is 13.0. The Morgan fingerprint density at radius 1 is 0.403 bits per heavy atom. The second kappa shape index (κ2) is 21.9. The second-order valence-electron chi connectivity index (χ2n) is 18.1. The predicted molar refractivity (Wildman–Crippen MR) is 280 cm³/mol. The molecular weight excluding hydrogens is 905 g/mol. The molecule has 2 N–H and O–H groups in total. The summed E-state index contributed by atoms with van der Waals surface area (Å²) in [6.45, 7) is 10.7. The van der Waals surface area contributed by atoms with Crippen molar-refractivity contribution in [3.05, 3.63) is 183 Å².